The number of hydrogen-bond donors (Lipinski definition) is 1. The lowest BCUT2D eigenvalue weighted by Crippen LogP contribution is -2.55. The van der Waals surface area contributed by atoms with Gasteiger partial charge in [0, 0.05) is 39.3 Å². The van der Waals surface area contributed by atoms with Gasteiger partial charge in [0.05, 0.1) is 5.41 Å². The van der Waals surface area contributed by atoms with Crippen LogP contribution in [0.4, 0.5) is 0 Å². The molecule has 2 fully saturated rings. The molecule has 2 aliphatic rings. The molecule has 1 atom stereocenters. The maximum Gasteiger partial charge on any atom is 0.230 e. The van der Waals surface area contributed by atoms with Gasteiger partial charge in [-0.25, -0.2) is 0 Å². The lowest BCUT2D eigenvalue weighted by molar-refractivity contribution is -0.145. The lowest BCUT2D eigenvalue weighted by atomic mass is 9.75. The van der Waals surface area contributed by atoms with Crippen LogP contribution in [-0.2, 0) is 4.79 Å². The predicted molar refractivity (Wildman–Crippen MR) is 82.6 cm³/mol. The van der Waals surface area contributed by atoms with E-state index in [4.69, 9.17) is 0 Å². The van der Waals surface area contributed by atoms with Crippen LogP contribution in [0.3, 0.4) is 0 Å². The summed E-state index contributed by atoms with van der Waals surface area (Å²) in [6.07, 6.45) is 0.996. The molecule has 0 aromatic rings. The summed E-state index contributed by atoms with van der Waals surface area (Å²) in [6.45, 7) is 15.8. The molecular weight excluding hydrogens is 250 g/mol. The summed E-state index contributed by atoms with van der Waals surface area (Å²) < 4.78 is 0. The van der Waals surface area contributed by atoms with Gasteiger partial charge in [-0.15, -0.1) is 0 Å². The average molecular weight is 281 g/mol. The Morgan fingerprint density at radius 3 is 2.25 bits per heavy atom. The first kappa shape index (κ1) is 15.8. The third-order valence-corrected chi connectivity index (χ3v) is 5.00. The van der Waals surface area contributed by atoms with E-state index in [1.54, 1.807) is 0 Å². The van der Waals surface area contributed by atoms with Crippen molar-refractivity contribution in [2.75, 3.05) is 45.8 Å². The van der Waals surface area contributed by atoms with Crippen LogP contribution in [0.25, 0.3) is 0 Å². The molecule has 4 nitrogen and oxygen atoms in total. The quantitative estimate of drug-likeness (QED) is 0.846. The first-order valence-corrected chi connectivity index (χ1v) is 8.18. The molecule has 0 radical (unpaired) electrons. The molecule has 2 rings (SSSR count). The molecule has 4 heteroatoms. The van der Waals surface area contributed by atoms with E-state index in [0.29, 0.717) is 17.7 Å². The molecule has 116 valence electrons. The minimum atomic E-state index is -0.153. The van der Waals surface area contributed by atoms with Crippen molar-refractivity contribution >= 4 is 5.91 Å². The Hall–Kier alpha value is -0.610. The molecule has 0 spiro atoms. The van der Waals surface area contributed by atoms with E-state index in [-0.39, 0.29) is 5.41 Å². The topological polar surface area (TPSA) is 35.6 Å². The van der Waals surface area contributed by atoms with Crippen molar-refractivity contribution in [1.29, 1.82) is 0 Å². The second-order valence-electron chi connectivity index (χ2n) is 7.22. The summed E-state index contributed by atoms with van der Waals surface area (Å²) in [5.41, 5.74) is -0.153. The lowest BCUT2D eigenvalue weighted by Gasteiger charge is -2.41. The molecule has 2 aliphatic heterocycles. The van der Waals surface area contributed by atoms with E-state index in [9.17, 15) is 4.79 Å². The molecule has 1 N–H and O–H groups in total. The van der Waals surface area contributed by atoms with Crippen LogP contribution < -0.4 is 5.32 Å². The number of nitrogens with one attached hydrogen (secondary N) is 1. The maximum absolute atomic E-state index is 13.0. The zero-order valence-corrected chi connectivity index (χ0v) is 13.6. The van der Waals surface area contributed by atoms with Crippen LogP contribution >= 0.6 is 0 Å². The number of piperazine rings is 1. The molecule has 1 unspecified atom stereocenters. The van der Waals surface area contributed by atoms with Crippen molar-refractivity contribution in [2.45, 2.75) is 34.1 Å². The number of rotatable bonds is 4. The van der Waals surface area contributed by atoms with E-state index in [1.165, 1.54) is 0 Å². The molecule has 0 aromatic heterocycles. The van der Waals surface area contributed by atoms with Gasteiger partial charge in [0.1, 0.15) is 0 Å². The van der Waals surface area contributed by atoms with Gasteiger partial charge in [-0.3, -0.25) is 9.69 Å². The zero-order valence-electron chi connectivity index (χ0n) is 13.6. The summed E-state index contributed by atoms with van der Waals surface area (Å²) >= 11 is 0. The Morgan fingerprint density at radius 2 is 1.80 bits per heavy atom. The number of carbonyl (C=O) groups is 1. The smallest absolute Gasteiger partial charge is 0.230 e. The van der Waals surface area contributed by atoms with E-state index < -0.39 is 0 Å². The highest BCUT2D eigenvalue weighted by molar-refractivity contribution is 5.84. The minimum Gasteiger partial charge on any atom is -0.340 e. The monoisotopic (exact) mass is 281 g/mol. The fourth-order valence-electron chi connectivity index (χ4n) is 3.60. The maximum atomic E-state index is 13.0. The van der Waals surface area contributed by atoms with Crippen LogP contribution in [0.1, 0.15) is 34.1 Å². The first-order chi connectivity index (χ1) is 9.45. The van der Waals surface area contributed by atoms with Gasteiger partial charge in [-0.2, -0.15) is 0 Å². The molecule has 2 heterocycles. The van der Waals surface area contributed by atoms with Crippen molar-refractivity contribution in [3.8, 4) is 0 Å². The SMILES string of the molecule is CC(C)CN1CCN(C(=O)C2(C(C)C)CCNC2)CC1. The normalized spacial score (nSPS) is 28.6. The second-order valence-corrected chi connectivity index (χ2v) is 7.22. The van der Waals surface area contributed by atoms with Gasteiger partial charge in [0.25, 0.3) is 0 Å². The summed E-state index contributed by atoms with van der Waals surface area (Å²) in [4.78, 5) is 17.6. The molecule has 20 heavy (non-hydrogen) atoms. The van der Waals surface area contributed by atoms with E-state index >= 15 is 0 Å². The zero-order chi connectivity index (χ0) is 14.8. The third-order valence-electron chi connectivity index (χ3n) is 5.00. The highest BCUT2D eigenvalue weighted by Gasteiger charge is 2.46. The second kappa shape index (κ2) is 6.44. The van der Waals surface area contributed by atoms with Gasteiger partial charge in [0.15, 0.2) is 0 Å². The summed E-state index contributed by atoms with van der Waals surface area (Å²) in [5.74, 6) is 1.51. The van der Waals surface area contributed by atoms with Crippen molar-refractivity contribution in [2.24, 2.45) is 17.3 Å². The molecule has 1 amide bonds. The molecule has 0 aliphatic carbocycles. The average Bonchev–Trinajstić information content (AvgIpc) is 2.88. The molecule has 0 saturated carbocycles. The van der Waals surface area contributed by atoms with Crippen molar-refractivity contribution in [3.63, 3.8) is 0 Å². The van der Waals surface area contributed by atoms with Gasteiger partial charge in [0.2, 0.25) is 5.91 Å². The standard InChI is InChI=1S/C16H31N3O/c1-13(2)11-18-7-9-19(10-8-18)15(20)16(14(3)4)5-6-17-12-16/h13-14,17H,5-12H2,1-4H3. The fraction of sp³-hybridized carbons (Fsp3) is 0.938. The summed E-state index contributed by atoms with van der Waals surface area (Å²) in [7, 11) is 0. The minimum absolute atomic E-state index is 0.153. The van der Waals surface area contributed by atoms with Gasteiger partial charge < -0.3 is 10.2 Å². The van der Waals surface area contributed by atoms with Crippen LogP contribution in [0, 0.1) is 17.3 Å². The van der Waals surface area contributed by atoms with Crippen LogP contribution in [-0.4, -0.2) is 61.5 Å². The molecule has 0 bridgehead atoms. The first-order valence-electron chi connectivity index (χ1n) is 8.18. The molecule has 0 aromatic carbocycles. The Balaban J connectivity index is 1.94. The Morgan fingerprint density at radius 1 is 1.15 bits per heavy atom. The van der Waals surface area contributed by atoms with Crippen molar-refractivity contribution < 1.29 is 4.79 Å². The van der Waals surface area contributed by atoms with Crippen LogP contribution in [0.5, 0.6) is 0 Å². The molecular formula is C16H31N3O. The summed E-state index contributed by atoms with van der Waals surface area (Å²) in [6, 6.07) is 0. The van der Waals surface area contributed by atoms with Crippen molar-refractivity contribution in [3.05, 3.63) is 0 Å². The Kier molecular flexibility index (Phi) is 5.08. The van der Waals surface area contributed by atoms with E-state index in [0.717, 1.165) is 52.2 Å². The predicted octanol–water partition coefficient (Wildman–Crippen LogP) is 1.42. The number of amides is 1. The fourth-order valence-corrected chi connectivity index (χ4v) is 3.60. The number of hydrogen-bond acceptors (Lipinski definition) is 3. The van der Waals surface area contributed by atoms with Crippen LogP contribution in [0.15, 0.2) is 0 Å². The highest BCUT2D eigenvalue weighted by Crippen LogP contribution is 2.36. The number of nitrogens with zero attached hydrogens (tertiary/aromatic N) is 2. The van der Waals surface area contributed by atoms with E-state index in [1.807, 2.05) is 0 Å². The largest absolute Gasteiger partial charge is 0.340 e. The van der Waals surface area contributed by atoms with Gasteiger partial charge in [-0.1, -0.05) is 27.7 Å². The highest BCUT2D eigenvalue weighted by atomic mass is 16.2. The van der Waals surface area contributed by atoms with Crippen molar-refractivity contribution in [1.82, 2.24) is 15.1 Å². The Labute approximate surface area is 123 Å². The Bertz CT molecular complexity index is 327. The van der Waals surface area contributed by atoms with Gasteiger partial charge in [-0.05, 0) is 24.8 Å². The van der Waals surface area contributed by atoms with Crippen LogP contribution in [0.2, 0.25) is 0 Å². The third kappa shape index (κ3) is 3.17. The molecule has 2 saturated heterocycles. The number of carbonyl (C=O) groups excluding carboxylic acids is 1. The van der Waals surface area contributed by atoms with Gasteiger partial charge >= 0.3 is 0 Å². The summed E-state index contributed by atoms with van der Waals surface area (Å²) in [5, 5.41) is 3.39. The van der Waals surface area contributed by atoms with E-state index in [2.05, 4.69) is 42.8 Å².